The highest BCUT2D eigenvalue weighted by molar-refractivity contribution is 8.24. The summed E-state index contributed by atoms with van der Waals surface area (Å²) in [6.07, 6.45) is -2.77. The molecule has 0 aliphatic heterocycles. The van der Waals surface area contributed by atoms with Gasteiger partial charge in [-0.15, -0.1) is 14.5 Å². The molecule has 1 aromatic carbocycles. The molecule has 0 aromatic heterocycles. The fourth-order valence-electron chi connectivity index (χ4n) is 6.98. The van der Waals surface area contributed by atoms with Gasteiger partial charge >= 0.3 is 7.94 Å². The van der Waals surface area contributed by atoms with Crippen LogP contribution in [-0.4, -0.2) is 97.3 Å². The lowest BCUT2D eigenvalue weighted by atomic mass is 10.3. The molecule has 0 aliphatic carbocycles. The first kappa shape index (κ1) is 48.8. The highest BCUT2D eigenvalue weighted by atomic mass is 35.5. The van der Waals surface area contributed by atoms with E-state index in [1.807, 2.05) is 0 Å². The van der Waals surface area contributed by atoms with Crippen molar-refractivity contribution < 1.29 is 9.63 Å². The number of halogens is 4. The number of hydrogen-bond donors (Lipinski definition) is 1. The van der Waals surface area contributed by atoms with Gasteiger partial charge in [0.25, 0.3) is 0 Å². The zero-order chi connectivity index (χ0) is 39.6. The maximum atomic E-state index is 11.5. The van der Waals surface area contributed by atoms with Crippen LogP contribution >= 0.6 is 67.6 Å². The number of phenolic OH excluding ortho intramolecular Hbond substituents is 1. The predicted octanol–water partition coefficient (Wildman–Crippen LogP) is 13.3. The first-order chi connectivity index (χ1) is 22.5. The Balaban J connectivity index is 4.80. The van der Waals surface area contributed by atoms with Crippen LogP contribution in [0.4, 0.5) is 0 Å². The van der Waals surface area contributed by atoms with Crippen molar-refractivity contribution in [3.8, 4) is 11.5 Å². The number of aromatic hydroxyl groups is 1. The molecule has 0 atom stereocenters. The fraction of sp³-hybridized carbons (Fsp3) is 0.794. The fourth-order valence-corrected chi connectivity index (χ4v) is 23.7. The molecular weight excluding hydrogens is 791 g/mol. The first-order valence-corrected chi connectivity index (χ1v) is 26.5. The van der Waals surface area contributed by atoms with Crippen molar-refractivity contribution in [3.63, 3.8) is 0 Å². The van der Waals surface area contributed by atoms with E-state index >= 15 is 0 Å². The standard InChI is InChI=1S/C34H65Cl4N6O2P3S/c1-20(2)41(21(3)4)48(50,42(22(5)6)23(7)8)34(47(17,18)19)39-40-49(43(24(9)10)25(11)12,44(26(13)14)27(15)16)46-33-31(38)29(36)28(35)30(37)32(33)45/h20-27H,1-19H3/p+1. The van der Waals surface area contributed by atoms with Crippen molar-refractivity contribution in [2.24, 2.45) is 10.00 Å². The summed E-state index contributed by atoms with van der Waals surface area (Å²) in [4.78, 5) is 5.51. The van der Waals surface area contributed by atoms with Crippen molar-refractivity contribution in [2.45, 2.75) is 159 Å². The van der Waals surface area contributed by atoms with E-state index in [9.17, 15) is 5.11 Å². The Bertz CT molecular complexity index is 1340. The molecule has 0 amide bonds. The molecule has 1 rings (SSSR count). The first-order valence-electron chi connectivity index (χ1n) is 17.6. The zero-order valence-corrected chi connectivity index (χ0v) is 40.4. The Labute approximate surface area is 331 Å². The Morgan fingerprint density at radius 2 is 0.920 bits per heavy atom. The van der Waals surface area contributed by atoms with Crippen molar-refractivity contribution in [3.05, 3.63) is 20.1 Å². The molecule has 0 radical (unpaired) electrons. The Kier molecular flexibility index (Phi) is 18.6. The van der Waals surface area contributed by atoms with Crippen LogP contribution in [0.25, 0.3) is 0 Å². The van der Waals surface area contributed by atoms with Gasteiger partial charge in [0.1, 0.15) is 21.5 Å². The van der Waals surface area contributed by atoms with Gasteiger partial charge in [-0.2, -0.15) is 0 Å². The van der Waals surface area contributed by atoms with E-state index in [1.54, 1.807) is 0 Å². The van der Waals surface area contributed by atoms with Gasteiger partial charge in [-0.3, -0.25) is 13.9 Å². The van der Waals surface area contributed by atoms with Gasteiger partial charge < -0.3 is 5.11 Å². The van der Waals surface area contributed by atoms with Gasteiger partial charge in [0.2, 0.25) is 5.75 Å². The maximum absolute atomic E-state index is 11.5. The molecule has 0 aliphatic rings. The molecule has 0 fully saturated rings. The van der Waals surface area contributed by atoms with Gasteiger partial charge in [0.15, 0.2) is 5.75 Å². The van der Waals surface area contributed by atoms with Crippen molar-refractivity contribution in [1.82, 2.24) is 18.7 Å². The summed E-state index contributed by atoms with van der Waals surface area (Å²) >= 11 is 33.5. The second-order valence-corrected chi connectivity index (χ2v) is 28.4. The van der Waals surface area contributed by atoms with Gasteiger partial charge in [-0.25, -0.2) is 0 Å². The second-order valence-electron chi connectivity index (χ2n) is 15.9. The number of nitrogens with zero attached hydrogens (tertiary/aromatic N) is 6. The molecule has 1 N–H and O–H groups in total. The third-order valence-electron chi connectivity index (χ3n) is 7.99. The summed E-state index contributed by atoms with van der Waals surface area (Å²) in [5.41, 5.74) is 0. The zero-order valence-electron chi connectivity index (χ0n) is 33.9. The molecule has 0 bridgehead atoms. The largest absolute Gasteiger partial charge is 0.503 e. The summed E-state index contributed by atoms with van der Waals surface area (Å²) < 4.78 is 16.7. The molecule has 292 valence electrons. The van der Waals surface area contributed by atoms with Crippen molar-refractivity contribution in [2.75, 3.05) is 20.0 Å². The van der Waals surface area contributed by atoms with Crippen LogP contribution in [0.1, 0.15) is 111 Å². The van der Waals surface area contributed by atoms with Crippen molar-refractivity contribution >= 4 is 84.5 Å². The van der Waals surface area contributed by atoms with Crippen LogP contribution in [-0.2, 0) is 11.8 Å². The van der Waals surface area contributed by atoms with E-state index in [1.165, 1.54) is 0 Å². The van der Waals surface area contributed by atoms with E-state index in [2.05, 4.69) is 149 Å². The third-order valence-corrected chi connectivity index (χ3v) is 23.3. The number of rotatable bonds is 17. The molecular formula is C34H66Cl4N6O2P3S+. The van der Waals surface area contributed by atoms with Gasteiger partial charge in [-0.05, 0) is 131 Å². The van der Waals surface area contributed by atoms with Crippen molar-refractivity contribution in [1.29, 1.82) is 0 Å². The third kappa shape index (κ3) is 10.3. The molecule has 0 spiro atoms. The van der Waals surface area contributed by atoms with Crippen LogP contribution in [0.5, 0.6) is 11.5 Å². The quantitative estimate of drug-likeness (QED) is 0.0724. The van der Waals surface area contributed by atoms with E-state index in [0.29, 0.717) is 0 Å². The highest BCUT2D eigenvalue weighted by Crippen LogP contribution is 2.73. The lowest BCUT2D eigenvalue weighted by molar-refractivity contribution is 0.206. The Morgan fingerprint density at radius 3 is 1.20 bits per heavy atom. The SMILES string of the molecule is CC(C)N(C(C)C)P(=S)(C(N=N[P+](Oc1c(O)c(Cl)c(Cl)c(Cl)c1Cl)(N(C(C)C)C(C)C)N(C(C)C)C(C)C)=P(C)(C)C)N(C(C)C)C(C)C. The number of phenols is 1. The maximum Gasteiger partial charge on any atom is 0.483 e. The van der Waals surface area contributed by atoms with Crippen LogP contribution in [0.15, 0.2) is 10.00 Å². The van der Waals surface area contributed by atoms with Gasteiger partial charge in [-0.1, -0.05) is 65.1 Å². The second kappa shape index (κ2) is 19.1. The van der Waals surface area contributed by atoms with Gasteiger partial charge in [0.05, 0.1) is 14.9 Å². The minimum absolute atomic E-state index is 0.0140. The van der Waals surface area contributed by atoms with E-state index in [4.69, 9.17) is 72.7 Å². The minimum atomic E-state index is -3.47. The average molecular weight is 858 g/mol. The lowest BCUT2D eigenvalue weighted by Gasteiger charge is -2.51. The molecule has 16 heteroatoms. The Morgan fingerprint density at radius 1 is 0.600 bits per heavy atom. The van der Waals surface area contributed by atoms with Crippen LogP contribution in [0.3, 0.4) is 0 Å². The van der Waals surface area contributed by atoms with Crippen LogP contribution in [0.2, 0.25) is 20.1 Å². The van der Waals surface area contributed by atoms with Crippen LogP contribution in [0, 0.1) is 0 Å². The predicted molar refractivity (Wildman–Crippen MR) is 233 cm³/mol. The average Bonchev–Trinajstić information content (AvgIpc) is 2.90. The lowest BCUT2D eigenvalue weighted by Crippen LogP contribution is -2.49. The summed E-state index contributed by atoms with van der Waals surface area (Å²) in [6.45, 7) is 39.5. The molecule has 8 nitrogen and oxygen atoms in total. The summed E-state index contributed by atoms with van der Waals surface area (Å²) in [6, 6.07) is 0.319. The molecule has 0 heterocycles. The number of benzene rings is 1. The molecule has 0 saturated carbocycles. The summed E-state index contributed by atoms with van der Waals surface area (Å²) in [7, 11) is -3.47. The van der Waals surface area contributed by atoms with E-state index in [0.717, 1.165) is 5.16 Å². The topological polar surface area (TPSA) is 67.1 Å². The molecule has 1 aromatic rings. The minimum Gasteiger partial charge on any atom is -0.503 e. The smallest absolute Gasteiger partial charge is 0.483 e. The molecule has 0 saturated heterocycles. The molecule has 0 unspecified atom stereocenters. The summed E-state index contributed by atoms with van der Waals surface area (Å²) in [5.74, 6) is -0.487. The number of hydrogen-bond acceptors (Lipinski definition) is 6. The van der Waals surface area contributed by atoms with Crippen LogP contribution < -0.4 is 4.52 Å². The monoisotopic (exact) mass is 855 g/mol. The summed E-state index contributed by atoms with van der Waals surface area (Å²) in [5, 5.41) is 17.6. The molecule has 50 heavy (non-hydrogen) atoms. The van der Waals surface area contributed by atoms with E-state index in [-0.39, 0.29) is 74.2 Å². The highest BCUT2D eigenvalue weighted by Gasteiger charge is 2.62. The van der Waals surface area contributed by atoms with E-state index < -0.39 is 26.9 Å². The van der Waals surface area contributed by atoms with Gasteiger partial charge in [0, 0.05) is 48.3 Å². The normalized spacial score (nSPS) is 14.1. The Hall–Kier alpha value is 0.800.